The second kappa shape index (κ2) is 5.85. The fourth-order valence-corrected chi connectivity index (χ4v) is 1.70. The van der Waals surface area contributed by atoms with Gasteiger partial charge in [0.25, 0.3) is 0 Å². The Morgan fingerprint density at radius 2 is 1.70 bits per heavy atom. The van der Waals surface area contributed by atoms with Crippen molar-refractivity contribution in [2.45, 2.75) is 12.7 Å². The lowest BCUT2D eigenvalue weighted by atomic mass is 10.3. The van der Waals surface area contributed by atoms with E-state index in [2.05, 4.69) is 15.3 Å². The maximum absolute atomic E-state index is 12.3. The second-order valence-electron chi connectivity index (χ2n) is 3.90. The maximum atomic E-state index is 12.3. The molecule has 8 heteroatoms. The van der Waals surface area contributed by atoms with Crippen LogP contribution in [0.1, 0.15) is 11.4 Å². The van der Waals surface area contributed by atoms with Gasteiger partial charge in [-0.15, -0.1) is 0 Å². The van der Waals surface area contributed by atoms with Crippen LogP contribution in [0.2, 0.25) is 10.0 Å². The SMILES string of the molecule is FC(F)(F)c1ncc(CNc2ccc(Cl)c(Cl)c2)cn1. The van der Waals surface area contributed by atoms with Gasteiger partial charge in [-0.2, -0.15) is 13.2 Å². The van der Waals surface area contributed by atoms with Crippen molar-refractivity contribution >= 4 is 28.9 Å². The first-order chi connectivity index (χ1) is 9.36. The van der Waals surface area contributed by atoms with Gasteiger partial charge in [0.1, 0.15) is 0 Å². The summed E-state index contributed by atoms with van der Waals surface area (Å²) in [5.74, 6) is -1.16. The molecule has 0 spiro atoms. The Labute approximate surface area is 122 Å². The molecule has 0 amide bonds. The lowest BCUT2D eigenvalue weighted by Crippen LogP contribution is -2.11. The number of anilines is 1. The van der Waals surface area contributed by atoms with Crippen molar-refractivity contribution in [2.24, 2.45) is 0 Å². The molecule has 106 valence electrons. The van der Waals surface area contributed by atoms with Gasteiger partial charge in [-0.3, -0.25) is 0 Å². The number of alkyl halides is 3. The Hall–Kier alpha value is -1.53. The number of halogens is 5. The molecule has 0 aliphatic carbocycles. The van der Waals surface area contributed by atoms with Crippen LogP contribution >= 0.6 is 23.2 Å². The topological polar surface area (TPSA) is 37.8 Å². The third kappa shape index (κ3) is 3.74. The summed E-state index contributed by atoms with van der Waals surface area (Å²) in [4.78, 5) is 6.54. The van der Waals surface area contributed by atoms with Crippen LogP contribution in [-0.4, -0.2) is 9.97 Å². The van der Waals surface area contributed by atoms with Gasteiger partial charge in [0.2, 0.25) is 5.82 Å². The van der Waals surface area contributed by atoms with E-state index in [1.165, 1.54) is 0 Å². The predicted molar refractivity (Wildman–Crippen MR) is 70.8 cm³/mol. The van der Waals surface area contributed by atoms with Crippen LogP contribution in [0.4, 0.5) is 18.9 Å². The largest absolute Gasteiger partial charge is 0.451 e. The van der Waals surface area contributed by atoms with Gasteiger partial charge >= 0.3 is 6.18 Å². The molecule has 0 unspecified atom stereocenters. The van der Waals surface area contributed by atoms with Crippen molar-refractivity contribution < 1.29 is 13.2 Å². The third-order valence-corrected chi connectivity index (χ3v) is 3.11. The Kier molecular flexibility index (Phi) is 4.35. The van der Waals surface area contributed by atoms with Crippen molar-refractivity contribution in [3.8, 4) is 0 Å². The fraction of sp³-hybridized carbons (Fsp3) is 0.167. The zero-order chi connectivity index (χ0) is 14.8. The highest BCUT2D eigenvalue weighted by Gasteiger charge is 2.34. The average Bonchev–Trinajstić information content (AvgIpc) is 2.40. The van der Waals surface area contributed by atoms with Crippen LogP contribution in [-0.2, 0) is 12.7 Å². The van der Waals surface area contributed by atoms with Crippen molar-refractivity contribution in [1.29, 1.82) is 0 Å². The molecular weight excluding hydrogens is 314 g/mol. The van der Waals surface area contributed by atoms with Crippen LogP contribution in [0.3, 0.4) is 0 Å². The van der Waals surface area contributed by atoms with E-state index in [0.717, 1.165) is 12.4 Å². The third-order valence-electron chi connectivity index (χ3n) is 2.38. The molecule has 1 heterocycles. The molecule has 0 saturated carbocycles. The van der Waals surface area contributed by atoms with Crippen molar-refractivity contribution in [1.82, 2.24) is 9.97 Å². The number of aromatic nitrogens is 2. The van der Waals surface area contributed by atoms with Crippen LogP contribution in [0.25, 0.3) is 0 Å². The second-order valence-corrected chi connectivity index (χ2v) is 4.71. The van der Waals surface area contributed by atoms with Crippen LogP contribution in [0.15, 0.2) is 30.6 Å². The molecule has 2 aromatic rings. The molecule has 3 nitrogen and oxygen atoms in total. The van der Waals surface area contributed by atoms with Gasteiger partial charge in [0.05, 0.1) is 10.0 Å². The zero-order valence-corrected chi connectivity index (χ0v) is 11.4. The number of nitrogens with one attached hydrogen (secondary N) is 1. The Morgan fingerprint density at radius 1 is 1.05 bits per heavy atom. The molecule has 0 radical (unpaired) electrons. The average molecular weight is 322 g/mol. The normalized spacial score (nSPS) is 11.4. The minimum Gasteiger partial charge on any atom is -0.381 e. The van der Waals surface area contributed by atoms with E-state index < -0.39 is 12.0 Å². The van der Waals surface area contributed by atoms with Crippen LogP contribution < -0.4 is 5.32 Å². The van der Waals surface area contributed by atoms with E-state index in [9.17, 15) is 13.2 Å². The van der Waals surface area contributed by atoms with Crippen LogP contribution in [0.5, 0.6) is 0 Å². The van der Waals surface area contributed by atoms with E-state index in [0.29, 0.717) is 21.3 Å². The van der Waals surface area contributed by atoms with E-state index in [1.807, 2.05) is 0 Å². The van der Waals surface area contributed by atoms with Gasteiger partial charge in [-0.05, 0) is 18.2 Å². The first-order valence-corrected chi connectivity index (χ1v) is 6.19. The van der Waals surface area contributed by atoms with Gasteiger partial charge in [0, 0.05) is 30.2 Å². The quantitative estimate of drug-likeness (QED) is 0.909. The molecule has 1 aromatic heterocycles. The van der Waals surface area contributed by atoms with Gasteiger partial charge in [-0.25, -0.2) is 9.97 Å². The zero-order valence-electron chi connectivity index (χ0n) is 9.88. The number of hydrogen-bond donors (Lipinski definition) is 1. The molecular formula is C12H8Cl2F3N3. The fourth-order valence-electron chi connectivity index (χ4n) is 1.40. The highest BCUT2D eigenvalue weighted by molar-refractivity contribution is 6.42. The molecule has 0 atom stereocenters. The molecule has 0 aliphatic rings. The molecule has 0 bridgehead atoms. The summed E-state index contributed by atoms with van der Waals surface area (Å²) < 4.78 is 36.9. The molecule has 0 fully saturated rings. The summed E-state index contributed by atoms with van der Waals surface area (Å²) in [6, 6.07) is 4.95. The lowest BCUT2D eigenvalue weighted by molar-refractivity contribution is -0.145. The number of rotatable bonds is 3. The van der Waals surface area contributed by atoms with Gasteiger partial charge in [0.15, 0.2) is 0 Å². The summed E-state index contributed by atoms with van der Waals surface area (Å²) in [6.45, 7) is 0.274. The molecule has 1 N–H and O–H groups in total. The summed E-state index contributed by atoms with van der Waals surface area (Å²) in [6.07, 6.45) is -2.28. The number of nitrogens with zero attached hydrogens (tertiary/aromatic N) is 2. The molecule has 20 heavy (non-hydrogen) atoms. The molecule has 0 saturated heterocycles. The Bertz CT molecular complexity index is 600. The smallest absolute Gasteiger partial charge is 0.381 e. The Balaban J connectivity index is 2.02. The first-order valence-electron chi connectivity index (χ1n) is 5.43. The maximum Gasteiger partial charge on any atom is 0.451 e. The summed E-state index contributed by atoms with van der Waals surface area (Å²) in [5, 5.41) is 3.80. The van der Waals surface area contributed by atoms with Crippen molar-refractivity contribution in [2.75, 3.05) is 5.32 Å². The molecule has 0 aliphatic heterocycles. The highest BCUT2D eigenvalue weighted by atomic mass is 35.5. The minimum absolute atomic E-state index is 0.274. The molecule has 2 rings (SSSR count). The first kappa shape index (κ1) is 14.9. The summed E-state index contributed by atoms with van der Waals surface area (Å²) in [7, 11) is 0. The number of benzene rings is 1. The summed E-state index contributed by atoms with van der Waals surface area (Å²) in [5.41, 5.74) is 1.21. The van der Waals surface area contributed by atoms with E-state index >= 15 is 0 Å². The van der Waals surface area contributed by atoms with E-state index in [4.69, 9.17) is 23.2 Å². The Morgan fingerprint density at radius 3 is 2.25 bits per heavy atom. The lowest BCUT2D eigenvalue weighted by Gasteiger charge is -2.08. The van der Waals surface area contributed by atoms with Crippen molar-refractivity contribution in [3.05, 3.63) is 52.0 Å². The van der Waals surface area contributed by atoms with E-state index in [1.54, 1.807) is 18.2 Å². The van der Waals surface area contributed by atoms with Crippen LogP contribution in [0, 0.1) is 0 Å². The van der Waals surface area contributed by atoms with Gasteiger partial charge in [-0.1, -0.05) is 23.2 Å². The monoisotopic (exact) mass is 321 g/mol. The van der Waals surface area contributed by atoms with E-state index in [-0.39, 0.29) is 6.54 Å². The summed E-state index contributed by atoms with van der Waals surface area (Å²) >= 11 is 11.6. The van der Waals surface area contributed by atoms with Crippen molar-refractivity contribution in [3.63, 3.8) is 0 Å². The molecule has 1 aromatic carbocycles. The highest BCUT2D eigenvalue weighted by Crippen LogP contribution is 2.26. The standard InChI is InChI=1S/C12H8Cl2F3N3/c13-9-2-1-8(3-10(9)14)18-4-7-5-19-11(20-6-7)12(15,16)17/h1-3,5-6,18H,4H2. The van der Waals surface area contributed by atoms with Gasteiger partial charge < -0.3 is 5.32 Å². The minimum atomic E-state index is -4.53. The predicted octanol–water partition coefficient (Wildman–Crippen LogP) is 4.41. The number of hydrogen-bond acceptors (Lipinski definition) is 3.